The van der Waals surface area contributed by atoms with E-state index in [9.17, 15) is 4.39 Å². The molecule has 7 nitrogen and oxygen atoms in total. The molecule has 4 aromatic rings. The van der Waals surface area contributed by atoms with Crippen LogP contribution in [0.15, 0.2) is 42.6 Å². The number of aryl methyl sites for hydroxylation is 1. The van der Waals surface area contributed by atoms with Gasteiger partial charge >= 0.3 is 0 Å². The molecule has 4 rings (SSSR count). The van der Waals surface area contributed by atoms with Crippen LogP contribution in [-0.4, -0.2) is 29.9 Å². The number of hydrogen-bond acceptors (Lipinski definition) is 6. The van der Waals surface area contributed by atoms with Crippen LogP contribution >= 0.6 is 0 Å². The van der Waals surface area contributed by atoms with Gasteiger partial charge < -0.3 is 5.73 Å². The van der Waals surface area contributed by atoms with E-state index >= 15 is 0 Å². The molecule has 2 N–H and O–H groups in total. The molecule has 0 unspecified atom stereocenters. The highest BCUT2D eigenvalue weighted by atomic mass is 19.1. The summed E-state index contributed by atoms with van der Waals surface area (Å²) >= 11 is 0. The Hall–Kier alpha value is -3.68. The summed E-state index contributed by atoms with van der Waals surface area (Å²) in [6, 6.07) is 11.7. The van der Waals surface area contributed by atoms with Crippen molar-refractivity contribution in [3.8, 4) is 22.8 Å². The maximum Gasteiger partial charge on any atom is 0.193 e. The predicted octanol–water partition coefficient (Wildman–Crippen LogP) is 4.48. The average Bonchev–Trinajstić information content (AvgIpc) is 3.20. The number of hydrogen-bond donors (Lipinski definition) is 1. The molecule has 1 aromatic carbocycles. The van der Waals surface area contributed by atoms with Crippen molar-refractivity contribution in [3.05, 3.63) is 70.9 Å². The van der Waals surface area contributed by atoms with Gasteiger partial charge in [0.05, 0.1) is 18.4 Å². The molecule has 164 valence electrons. The van der Waals surface area contributed by atoms with Gasteiger partial charge in [0, 0.05) is 16.7 Å². The first-order valence-electron chi connectivity index (χ1n) is 10.4. The zero-order valence-corrected chi connectivity index (χ0v) is 18.9. The molecule has 0 saturated carbocycles. The minimum Gasteiger partial charge on any atom is -0.381 e. The quantitative estimate of drug-likeness (QED) is 0.512. The van der Waals surface area contributed by atoms with Crippen molar-refractivity contribution in [2.75, 3.05) is 5.73 Å². The third-order valence-corrected chi connectivity index (χ3v) is 5.40. The van der Waals surface area contributed by atoms with Gasteiger partial charge in [0.25, 0.3) is 0 Å². The second kappa shape index (κ2) is 8.11. The van der Waals surface area contributed by atoms with E-state index in [2.05, 4.69) is 41.1 Å². The summed E-state index contributed by atoms with van der Waals surface area (Å²) in [6.45, 7) is 10.7. The van der Waals surface area contributed by atoms with E-state index in [0.717, 1.165) is 28.1 Å². The monoisotopic (exact) mass is 431 g/mol. The van der Waals surface area contributed by atoms with E-state index in [4.69, 9.17) is 10.7 Å². The van der Waals surface area contributed by atoms with Crippen LogP contribution in [0.5, 0.6) is 0 Å². The van der Waals surface area contributed by atoms with E-state index in [1.54, 1.807) is 10.9 Å². The summed E-state index contributed by atoms with van der Waals surface area (Å²) < 4.78 is 16.5. The summed E-state index contributed by atoms with van der Waals surface area (Å²) in [5, 5.41) is 8.27. The SMILES string of the molecule is Cc1cccc(-c2nc(N)c(F)c(-c3cn(Cc4cccc(C(C)(C)C)n4)nn3)n2)c1C. The fourth-order valence-electron chi connectivity index (χ4n) is 3.38. The number of anilines is 1. The first-order chi connectivity index (χ1) is 15.1. The van der Waals surface area contributed by atoms with Gasteiger partial charge in [-0.15, -0.1) is 5.10 Å². The van der Waals surface area contributed by atoms with Crippen molar-refractivity contribution < 1.29 is 4.39 Å². The zero-order chi connectivity index (χ0) is 23.0. The molecule has 0 aliphatic heterocycles. The third kappa shape index (κ3) is 4.21. The lowest BCUT2D eigenvalue weighted by Gasteiger charge is -2.18. The molecule has 0 atom stereocenters. The van der Waals surface area contributed by atoms with Crippen molar-refractivity contribution in [1.82, 2.24) is 29.9 Å². The summed E-state index contributed by atoms with van der Waals surface area (Å²) in [6.07, 6.45) is 1.64. The van der Waals surface area contributed by atoms with Crippen molar-refractivity contribution in [2.24, 2.45) is 0 Å². The Balaban J connectivity index is 1.69. The molecule has 0 spiro atoms. The fourth-order valence-corrected chi connectivity index (χ4v) is 3.38. The number of nitrogens with zero attached hydrogens (tertiary/aromatic N) is 6. The molecule has 0 saturated heterocycles. The van der Waals surface area contributed by atoms with Crippen LogP contribution in [0.2, 0.25) is 0 Å². The Bertz CT molecular complexity index is 1290. The number of pyridine rings is 1. The smallest absolute Gasteiger partial charge is 0.193 e. The highest BCUT2D eigenvalue weighted by Gasteiger charge is 2.20. The fraction of sp³-hybridized carbons (Fsp3) is 0.292. The summed E-state index contributed by atoms with van der Waals surface area (Å²) in [7, 11) is 0. The standard InChI is InChI=1S/C24H26FN7/c1-14-8-6-10-17(15(14)2)23-28-21(20(25)22(26)29-23)18-13-32(31-30-18)12-16-9-7-11-19(27-16)24(3,4)5/h6-11,13H,12H2,1-5H3,(H2,26,28,29). The minimum absolute atomic E-state index is 0.0241. The van der Waals surface area contributed by atoms with Gasteiger partial charge in [0.1, 0.15) is 11.4 Å². The Kier molecular flexibility index (Phi) is 5.46. The van der Waals surface area contributed by atoms with Gasteiger partial charge in [-0.05, 0) is 37.1 Å². The molecule has 0 amide bonds. The lowest BCUT2D eigenvalue weighted by Crippen LogP contribution is -2.15. The van der Waals surface area contributed by atoms with Crippen LogP contribution in [0.25, 0.3) is 22.8 Å². The maximum atomic E-state index is 14.8. The molecular weight excluding hydrogens is 405 g/mol. The Morgan fingerprint density at radius 2 is 1.75 bits per heavy atom. The van der Waals surface area contributed by atoms with Crippen LogP contribution in [0.4, 0.5) is 10.2 Å². The van der Waals surface area contributed by atoms with E-state index in [1.165, 1.54) is 0 Å². The van der Waals surface area contributed by atoms with E-state index < -0.39 is 5.82 Å². The van der Waals surface area contributed by atoms with Crippen LogP contribution in [0.3, 0.4) is 0 Å². The first kappa shape index (κ1) is 21.5. The first-order valence-corrected chi connectivity index (χ1v) is 10.4. The summed E-state index contributed by atoms with van der Waals surface area (Å²) in [5.41, 5.74) is 10.9. The molecule has 3 heterocycles. The van der Waals surface area contributed by atoms with Gasteiger partial charge in [-0.2, -0.15) is 0 Å². The van der Waals surface area contributed by atoms with Crippen molar-refractivity contribution in [1.29, 1.82) is 0 Å². The second-order valence-electron chi connectivity index (χ2n) is 8.91. The topological polar surface area (TPSA) is 95.4 Å². The number of nitrogen functional groups attached to an aromatic ring is 1. The van der Waals surface area contributed by atoms with Crippen LogP contribution in [0, 0.1) is 19.7 Å². The van der Waals surface area contributed by atoms with Gasteiger partial charge in [0.2, 0.25) is 0 Å². The molecule has 32 heavy (non-hydrogen) atoms. The molecule has 0 aliphatic carbocycles. The highest BCUT2D eigenvalue weighted by Crippen LogP contribution is 2.28. The van der Waals surface area contributed by atoms with Crippen molar-refractivity contribution >= 4 is 5.82 Å². The van der Waals surface area contributed by atoms with Gasteiger partial charge in [-0.3, -0.25) is 4.98 Å². The Morgan fingerprint density at radius 1 is 1.00 bits per heavy atom. The maximum absolute atomic E-state index is 14.8. The average molecular weight is 432 g/mol. The Labute approximate surface area is 186 Å². The van der Waals surface area contributed by atoms with Crippen LogP contribution < -0.4 is 5.73 Å². The van der Waals surface area contributed by atoms with Crippen LogP contribution in [-0.2, 0) is 12.0 Å². The number of halogens is 1. The molecule has 0 bridgehead atoms. The van der Waals surface area contributed by atoms with Crippen molar-refractivity contribution in [3.63, 3.8) is 0 Å². The molecule has 0 fully saturated rings. The van der Waals surface area contributed by atoms with Gasteiger partial charge in [-0.25, -0.2) is 19.0 Å². The number of aromatic nitrogens is 6. The molecular formula is C24H26FN7. The lowest BCUT2D eigenvalue weighted by molar-refractivity contribution is 0.559. The molecule has 0 aliphatic rings. The molecule has 3 aromatic heterocycles. The predicted molar refractivity (Wildman–Crippen MR) is 122 cm³/mol. The minimum atomic E-state index is -0.709. The van der Waals surface area contributed by atoms with Crippen LogP contribution in [0.1, 0.15) is 43.3 Å². The van der Waals surface area contributed by atoms with E-state index in [1.807, 2.05) is 50.2 Å². The highest BCUT2D eigenvalue weighted by molar-refractivity contribution is 5.67. The normalized spacial score (nSPS) is 11.7. The lowest BCUT2D eigenvalue weighted by atomic mass is 9.91. The second-order valence-corrected chi connectivity index (χ2v) is 8.91. The Morgan fingerprint density at radius 3 is 2.50 bits per heavy atom. The number of rotatable bonds is 4. The summed E-state index contributed by atoms with van der Waals surface area (Å²) in [5.74, 6) is -0.576. The molecule has 0 radical (unpaired) electrons. The van der Waals surface area contributed by atoms with Crippen molar-refractivity contribution in [2.45, 2.75) is 46.6 Å². The summed E-state index contributed by atoms with van der Waals surface area (Å²) in [4.78, 5) is 13.3. The van der Waals surface area contributed by atoms with Gasteiger partial charge in [-0.1, -0.05) is 50.3 Å². The zero-order valence-electron chi connectivity index (χ0n) is 18.9. The molecule has 8 heteroatoms. The largest absolute Gasteiger partial charge is 0.381 e. The number of nitrogens with two attached hydrogens (primary N) is 1. The van der Waals surface area contributed by atoms with Gasteiger partial charge in [0.15, 0.2) is 17.5 Å². The van der Waals surface area contributed by atoms with E-state index in [-0.39, 0.29) is 22.6 Å². The number of benzene rings is 1. The third-order valence-electron chi connectivity index (χ3n) is 5.40. The van der Waals surface area contributed by atoms with E-state index in [0.29, 0.717) is 12.4 Å².